The van der Waals surface area contributed by atoms with Gasteiger partial charge in [0.05, 0.1) is 0 Å². The van der Waals surface area contributed by atoms with E-state index in [0.29, 0.717) is 0 Å². The Morgan fingerprint density at radius 1 is 1.50 bits per heavy atom. The maximum atomic E-state index is 3.26. The molecule has 1 rings (SSSR count). The molecule has 1 heterocycles. The predicted octanol–water partition coefficient (Wildman–Crippen LogP) is 0.253. The third-order valence-electron chi connectivity index (χ3n) is 1.64. The molecule has 60 valence electrons. The molecule has 0 bridgehead atoms. The quantitative estimate of drug-likeness (QED) is 0.635. The van der Waals surface area contributed by atoms with Crippen LogP contribution >= 0.6 is 11.8 Å². The average molecular weight is 160 g/mol. The zero-order valence-corrected chi connectivity index (χ0v) is 7.58. The molecule has 0 aliphatic carbocycles. The zero-order valence-electron chi connectivity index (χ0n) is 6.76. The summed E-state index contributed by atoms with van der Waals surface area (Å²) in [5.41, 5.74) is 0. The van der Waals surface area contributed by atoms with Gasteiger partial charge in [-0.15, -0.1) is 0 Å². The molecule has 2 nitrogen and oxygen atoms in total. The summed E-state index contributed by atoms with van der Waals surface area (Å²) < 4.78 is 0. The van der Waals surface area contributed by atoms with E-state index in [1.165, 1.54) is 25.4 Å². The minimum atomic E-state index is 0.903. The molecule has 1 N–H and O–H groups in total. The summed E-state index contributed by atoms with van der Waals surface area (Å²) in [5, 5.41) is 4.17. The Morgan fingerprint density at radius 2 is 2.20 bits per heavy atom. The Kier molecular flexibility index (Phi) is 3.52. The molecule has 0 spiro atoms. The van der Waals surface area contributed by atoms with Crippen LogP contribution in [0.2, 0.25) is 0 Å². The highest BCUT2D eigenvalue weighted by atomic mass is 32.2. The lowest BCUT2D eigenvalue weighted by molar-refractivity contribution is 0.436. The van der Waals surface area contributed by atoms with Crippen molar-refractivity contribution in [3.05, 3.63) is 0 Å². The molecule has 0 amide bonds. The van der Waals surface area contributed by atoms with Gasteiger partial charge in [-0.05, 0) is 14.1 Å². The lowest BCUT2D eigenvalue weighted by Crippen LogP contribution is -2.45. The van der Waals surface area contributed by atoms with E-state index in [1.807, 2.05) is 0 Å². The minimum absolute atomic E-state index is 0.903. The Bertz CT molecular complexity index is 91.6. The van der Waals surface area contributed by atoms with Crippen molar-refractivity contribution in [1.82, 2.24) is 10.2 Å². The van der Waals surface area contributed by atoms with Gasteiger partial charge in [0, 0.05) is 30.6 Å². The second-order valence-corrected chi connectivity index (χ2v) is 4.36. The molecule has 3 heteroatoms. The van der Waals surface area contributed by atoms with E-state index in [0.717, 1.165) is 5.25 Å². The molecule has 10 heavy (non-hydrogen) atoms. The highest BCUT2D eigenvalue weighted by Crippen LogP contribution is 2.13. The third-order valence-corrected chi connectivity index (χ3v) is 2.86. The number of thioether (sulfide) groups is 1. The van der Waals surface area contributed by atoms with E-state index in [2.05, 4.69) is 36.1 Å². The van der Waals surface area contributed by atoms with Gasteiger partial charge in [0.15, 0.2) is 0 Å². The number of rotatable bonds is 4. The van der Waals surface area contributed by atoms with Crippen LogP contribution in [-0.2, 0) is 0 Å². The van der Waals surface area contributed by atoms with Crippen LogP contribution < -0.4 is 5.32 Å². The van der Waals surface area contributed by atoms with Crippen molar-refractivity contribution in [3.8, 4) is 0 Å². The van der Waals surface area contributed by atoms with Gasteiger partial charge in [-0.2, -0.15) is 11.8 Å². The summed E-state index contributed by atoms with van der Waals surface area (Å²) >= 11 is 2.09. The van der Waals surface area contributed by atoms with Gasteiger partial charge in [-0.3, -0.25) is 0 Å². The van der Waals surface area contributed by atoms with E-state index in [-0.39, 0.29) is 0 Å². The van der Waals surface area contributed by atoms with E-state index < -0.39 is 0 Å². The van der Waals surface area contributed by atoms with Crippen LogP contribution in [0.3, 0.4) is 0 Å². The number of nitrogens with one attached hydrogen (secondary N) is 1. The lowest BCUT2D eigenvalue weighted by Gasteiger charge is -2.26. The first kappa shape index (κ1) is 8.37. The van der Waals surface area contributed by atoms with Crippen molar-refractivity contribution in [2.45, 2.75) is 5.25 Å². The molecule has 0 aromatic rings. The van der Waals surface area contributed by atoms with Crippen LogP contribution in [0.5, 0.6) is 0 Å². The van der Waals surface area contributed by atoms with Crippen molar-refractivity contribution in [1.29, 1.82) is 0 Å². The fourth-order valence-corrected chi connectivity index (χ4v) is 2.06. The molecular formula is C7H16N2S. The Morgan fingerprint density at radius 3 is 2.60 bits per heavy atom. The highest BCUT2D eigenvalue weighted by Gasteiger charge is 2.15. The first-order chi connectivity index (χ1) is 4.79. The molecule has 0 aromatic heterocycles. The smallest absolute Gasteiger partial charge is 0.0297 e. The van der Waals surface area contributed by atoms with Gasteiger partial charge >= 0.3 is 0 Å². The van der Waals surface area contributed by atoms with E-state index in [1.54, 1.807) is 0 Å². The van der Waals surface area contributed by atoms with E-state index in [4.69, 9.17) is 0 Å². The maximum absolute atomic E-state index is 3.26. The van der Waals surface area contributed by atoms with Gasteiger partial charge < -0.3 is 10.2 Å². The standard InChI is InChI=1S/C7H16N2S/c1-9(2)3-4-10-7-5-8-6-7/h7-8H,3-6H2,1-2H3. The number of hydrogen-bond donors (Lipinski definition) is 1. The lowest BCUT2D eigenvalue weighted by atomic mass is 10.3. The van der Waals surface area contributed by atoms with Crippen molar-refractivity contribution < 1.29 is 0 Å². The summed E-state index contributed by atoms with van der Waals surface area (Å²) in [6, 6.07) is 0. The van der Waals surface area contributed by atoms with Gasteiger partial charge in [0.25, 0.3) is 0 Å². The zero-order chi connectivity index (χ0) is 7.40. The average Bonchev–Trinajstić information content (AvgIpc) is 1.75. The summed E-state index contributed by atoms with van der Waals surface area (Å²) in [7, 11) is 4.25. The molecule has 0 unspecified atom stereocenters. The minimum Gasteiger partial charge on any atom is -0.314 e. The fourth-order valence-electron chi connectivity index (χ4n) is 0.782. The summed E-state index contributed by atoms with van der Waals surface area (Å²) in [4.78, 5) is 2.24. The second-order valence-electron chi connectivity index (χ2n) is 2.95. The molecule has 0 atom stereocenters. The largest absolute Gasteiger partial charge is 0.314 e. The molecule has 1 saturated heterocycles. The number of hydrogen-bond acceptors (Lipinski definition) is 3. The Balaban J connectivity index is 1.85. The molecular weight excluding hydrogens is 144 g/mol. The molecule has 1 aliphatic heterocycles. The van der Waals surface area contributed by atoms with Gasteiger partial charge in [0.1, 0.15) is 0 Å². The summed E-state index contributed by atoms with van der Waals surface area (Å²) in [5.74, 6) is 1.28. The van der Waals surface area contributed by atoms with E-state index >= 15 is 0 Å². The Hall–Kier alpha value is 0.270. The monoisotopic (exact) mass is 160 g/mol. The van der Waals surface area contributed by atoms with Crippen LogP contribution in [-0.4, -0.2) is 49.6 Å². The van der Waals surface area contributed by atoms with Crippen LogP contribution in [0.15, 0.2) is 0 Å². The normalized spacial score (nSPS) is 19.5. The first-order valence-electron chi connectivity index (χ1n) is 3.76. The molecule has 0 aromatic carbocycles. The molecule has 0 saturated carbocycles. The third kappa shape index (κ3) is 2.90. The van der Waals surface area contributed by atoms with Gasteiger partial charge in [-0.1, -0.05) is 0 Å². The molecule has 0 radical (unpaired) electrons. The van der Waals surface area contributed by atoms with Gasteiger partial charge in [0.2, 0.25) is 0 Å². The summed E-state index contributed by atoms with van der Waals surface area (Å²) in [6.07, 6.45) is 0. The molecule has 1 aliphatic rings. The highest BCUT2D eigenvalue weighted by molar-refractivity contribution is 8.00. The van der Waals surface area contributed by atoms with Crippen LogP contribution in [0.25, 0.3) is 0 Å². The second kappa shape index (κ2) is 4.21. The van der Waals surface area contributed by atoms with Crippen LogP contribution in [0.4, 0.5) is 0 Å². The van der Waals surface area contributed by atoms with Gasteiger partial charge in [-0.25, -0.2) is 0 Å². The van der Waals surface area contributed by atoms with Crippen LogP contribution in [0, 0.1) is 0 Å². The topological polar surface area (TPSA) is 15.3 Å². The Labute approximate surface area is 67.4 Å². The first-order valence-corrected chi connectivity index (χ1v) is 4.81. The fraction of sp³-hybridized carbons (Fsp3) is 1.00. The van der Waals surface area contributed by atoms with E-state index in [9.17, 15) is 0 Å². The van der Waals surface area contributed by atoms with Crippen molar-refractivity contribution >= 4 is 11.8 Å². The maximum Gasteiger partial charge on any atom is 0.0297 e. The SMILES string of the molecule is CN(C)CCSC1CNC1. The van der Waals surface area contributed by atoms with Crippen LogP contribution in [0.1, 0.15) is 0 Å². The summed E-state index contributed by atoms with van der Waals surface area (Å²) in [6.45, 7) is 3.65. The number of nitrogens with zero attached hydrogens (tertiary/aromatic N) is 1. The van der Waals surface area contributed by atoms with Crippen molar-refractivity contribution in [2.75, 3.05) is 39.5 Å². The van der Waals surface area contributed by atoms with Crippen molar-refractivity contribution in [3.63, 3.8) is 0 Å². The predicted molar refractivity (Wildman–Crippen MR) is 47.7 cm³/mol. The molecule has 1 fully saturated rings. The van der Waals surface area contributed by atoms with Crippen molar-refractivity contribution in [2.24, 2.45) is 0 Å².